The van der Waals surface area contributed by atoms with E-state index in [2.05, 4.69) is 0 Å². The summed E-state index contributed by atoms with van der Waals surface area (Å²) in [6.07, 6.45) is -7.76. The van der Waals surface area contributed by atoms with Crippen molar-refractivity contribution in [3.63, 3.8) is 0 Å². The van der Waals surface area contributed by atoms with Gasteiger partial charge in [0, 0.05) is 0 Å². The van der Waals surface area contributed by atoms with E-state index in [9.17, 15) is 14.4 Å². The van der Waals surface area contributed by atoms with Gasteiger partial charge in [0.2, 0.25) is 0 Å². The maximum Gasteiger partial charge on any atom is 0.333 e. The Morgan fingerprint density at radius 2 is 1.38 bits per heavy atom. The Labute approximate surface area is 118 Å². The number of ketones is 1. The summed E-state index contributed by atoms with van der Waals surface area (Å²) in [6, 6.07) is 0. The molecular weight excluding hydrogens is 296 g/mol. The monoisotopic (exact) mass is 314 g/mol. The second-order valence-electron chi connectivity index (χ2n) is 3.76. The van der Waals surface area contributed by atoms with Crippen LogP contribution in [-0.4, -0.2) is 96.2 Å². The first-order valence-electron chi connectivity index (χ1n) is 5.49. The van der Waals surface area contributed by atoms with Gasteiger partial charge in [-0.05, 0) is 0 Å². The minimum Gasteiger partial charge on any atom is -0.481 e. The molecule has 0 aromatic rings. The topological polar surface area (TPSA) is 213 Å². The molecule has 0 rings (SSSR count). The van der Waals surface area contributed by atoms with Gasteiger partial charge in [0.25, 0.3) is 0 Å². The molecule has 4 unspecified atom stereocenters. The van der Waals surface area contributed by atoms with Crippen molar-refractivity contribution in [3.8, 4) is 0 Å². The molecule has 0 bridgehead atoms. The molecule has 0 aromatic heterocycles. The van der Waals surface area contributed by atoms with Crippen LogP contribution in [0, 0.1) is 0 Å². The number of carbonyl (C=O) groups is 3. The van der Waals surface area contributed by atoms with Crippen molar-refractivity contribution in [1.29, 1.82) is 0 Å². The first-order chi connectivity index (χ1) is 9.58. The molecule has 0 heterocycles. The van der Waals surface area contributed by atoms with Gasteiger partial charge in [-0.25, -0.2) is 4.79 Å². The van der Waals surface area contributed by atoms with Crippen LogP contribution in [0.4, 0.5) is 0 Å². The lowest BCUT2D eigenvalue weighted by Crippen LogP contribution is -2.44. The summed E-state index contributed by atoms with van der Waals surface area (Å²) < 4.78 is 0. The van der Waals surface area contributed by atoms with Crippen LogP contribution < -0.4 is 0 Å². The van der Waals surface area contributed by atoms with Crippen molar-refractivity contribution in [2.75, 3.05) is 13.2 Å². The highest BCUT2D eigenvalue weighted by atomic mass is 16.4. The predicted molar refractivity (Wildman–Crippen MR) is 63.1 cm³/mol. The van der Waals surface area contributed by atoms with E-state index in [0.29, 0.717) is 0 Å². The highest BCUT2D eigenvalue weighted by molar-refractivity contribution is 5.84. The molecule has 124 valence electrons. The number of rotatable bonds is 8. The molecule has 8 N–H and O–H groups in total. The lowest BCUT2D eigenvalue weighted by Gasteiger charge is -2.19. The van der Waals surface area contributed by atoms with E-state index in [1.54, 1.807) is 0 Å². The van der Waals surface area contributed by atoms with E-state index in [0.717, 1.165) is 0 Å². The van der Waals surface area contributed by atoms with Crippen molar-refractivity contribution < 1.29 is 55.2 Å². The van der Waals surface area contributed by atoms with Gasteiger partial charge in [-0.3, -0.25) is 9.59 Å². The van der Waals surface area contributed by atoms with E-state index < -0.39 is 61.8 Å². The summed E-state index contributed by atoms with van der Waals surface area (Å²) in [6.45, 7) is -1.69. The maximum absolute atomic E-state index is 10.5. The molecule has 0 saturated carbocycles. The first kappa shape index (κ1) is 21.7. The van der Waals surface area contributed by atoms with Gasteiger partial charge in [-0.15, -0.1) is 0 Å². The second kappa shape index (κ2) is 11.1. The van der Waals surface area contributed by atoms with E-state index in [1.807, 2.05) is 0 Å². The summed E-state index contributed by atoms with van der Waals surface area (Å²) in [5, 5.41) is 67.2. The average molecular weight is 314 g/mol. The number of hydrogen-bond donors (Lipinski definition) is 8. The number of carboxylic acid groups (broad SMARTS) is 2. The molecular formula is C10H18O11. The molecule has 4 atom stereocenters. The second-order valence-corrected chi connectivity index (χ2v) is 3.76. The fourth-order valence-electron chi connectivity index (χ4n) is 0.855. The minimum absolute atomic E-state index is 0.755. The molecule has 21 heavy (non-hydrogen) atoms. The zero-order chi connectivity index (χ0) is 17.2. The SMILES string of the molecule is O=C(CO)C(O)C(O)C(O)CO.O=C(O)CC(O)C(=O)O. The van der Waals surface area contributed by atoms with Crippen LogP contribution in [0.2, 0.25) is 0 Å². The maximum atomic E-state index is 10.5. The van der Waals surface area contributed by atoms with Gasteiger partial charge in [0.1, 0.15) is 24.9 Å². The van der Waals surface area contributed by atoms with Crippen LogP contribution in [-0.2, 0) is 14.4 Å². The van der Waals surface area contributed by atoms with Crippen LogP contribution in [0.3, 0.4) is 0 Å². The molecule has 0 saturated heterocycles. The number of carboxylic acids is 2. The molecule has 11 heteroatoms. The highest BCUT2D eigenvalue weighted by Gasteiger charge is 2.28. The fourth-order valence-corrected chi connectivity index (χ4v) is 0.855. The largest absolute Gasteiger partial charge is 0.481 e. The van der Waals surface area contributed by atoms with Gasteiger partial charge in [-0.1, -0.05) is 0 Å². The van der Waals surface area contributed by atoms with Gasteiger partial charge in [0.05, 0.1) is 13.0 Å². The van der Waals surface area contributed by atoms with Gasteiger partial charge < -0.3 is 40.9 Å². The number of aliphatic carboxylic acids is 2. The summed E-state index contributed by atoms with van der Waals surface area (Å²) in [5.41, 5.74) is 0. The lowest BCUT2D eigenvalue weighted by atomic mass is 10.1. The number of aliphatic hydroxyl groups excluding tert-OH is 6. The van der Waals surface area contributed by atoms with Crippen molar-refractivity contribution in [1.82, 2.24) is 0 Å². The summed E-state index contributed by atoms with van der Waals surface area (Å²) in [4.78, 5) is 29.9. The lowest BCUT2D eigenvalue weighted by molar-refractivity contribution is -0.152. The quantitative estimate of drug-likeness (QED) is 0.214. The fraction of sp³-hybridized carbons (Fsp3) is 0.700. The summed E-state index contributed by atoms with van der Waals surface area (Å²) in [7, 11) is 0. The van der Waals surface area contributed by atoms with Crippen molar-refractivity contribution in [2.24, 2.45) is 0 Å². The zero-order valence-corrected chi connectivity index (χ0v) is 10.7. The number of hydrogen-bond acceptors (Lipinski definition) is 9. The molecule has 11 nitrogen and oxygen atoms in total. The van der Waals surface area contributed by atoms with E-state index in [-0.39, 0.29) is 0 Å². The Hall–Kier alpha value is -1.63. The molecule has 0 fully saturated rings. The number of carbonyl (C=O) groups excluding carboxylic acids is 1. The predicted octanol–water partition coefficient (Wildman–Crippen LogP) is -4.47. The van der Waals surface area contributed by atoms with Crippen LogP contribution in [0.1, 0.15) is 6.42 Å². The van der Waals surface area contributed by atoms with Crippen LogP contribution in [0.15, 0.2) is 0 Å². The van der Waals surface area contributed by atoms with Crippen LogP contribution in [0.5, 0.6) is 0 Å². The summed E-state index contributed by atoms with van der Waals surface area (Å²) in [5.74, 6) is -3.85. The Morgan fingerprint density at radius 3 is 1.62 bits per heavy atom. The molecule has 0 aromatic carbocycles. The normalized spacial score (nSPS) is 15.9. The zero-order valence-electron chi connectivity index (χ0n) is 10.7. The van der Waals surface area contributed by atoms with Crippen LogP contribution >= 0.6 is 0 Å². The molecule has 0 aliphatic heterocycles. The van der Waals surface area contributed by atoms with Crippen molar-refractivity contribution in [3.05, 3.63) is 0 Å². The molecule has 0 aliphatic rings. The molecule has 0 radical (unpaired) electrons. The number of Topliss-reactive ketones (excluding diaryl/α,β-unsaturated/α-hetero) is 1. The first-order valence-corrected chi connectivity index (χ1v) is 5.49. The minimum atomic E-state index is -1.86. The third-order valence-electron chi connectivity index (χ3n) is 2.04. The molecule has 0 amide bonds. The Balaban J connectivity index is 0. The number of aliphatic hydroxyl groups is 6. The molecule has 0 aliphatic carbocycles. The Kier molecular flexibility index (Phi) is 11.4. The molecule has 0 spiro atoms. The van der Waals surface area contributed by atoms with Crippen LogP contribution in [0.25, 0.3) is 0 Å². The van der Waals surface area contributed by atoms with Crippen molar-refractivity contribution >= 4 is 17.7 Å². The van der Waals surface area contributed by atoms with Gasteiger partial charge in [0.15, 0.2) is 11.9 Å². The highest BCUT2D eigenvalue weighted by Crippen LogP contribution is 2.00. The summed E-state index contributed by atoms with van der Waals surface area (Å²) >= 11 is 0. The third kappa shape index (κ3) is 9.84. The Morgan fingerprint density at radius 1 is 0.905 bits per heavy atom. The third-order valence-corrected chi connectivity index (χ3v) is 2.04. The average Bonchev–Trinajstić information content (AvgIpc) is 2.43. The van der Waals surface area contributed by atoms with Crippen molar-refractivity contribution in [2.45, 2.75) is 30.8 Å². The van der Waals surface area contributed by atoms with E-state index in [4.69, 9.17) is 40.9 Å². The van der Waals surface area contributed by atoms with Gasteiger partial charge in [-0.2, -0.15) is 0 Å². The van der Waals surface area contributed by atoms with E-state index in [1.165, 1.54) is 0 Å². The van der Waals surface area contributed by atoms with E-state index >= 15 is 0 Å². The smallest absolute Gasteiger partial charge is 0.333 e. The standard InChI is InChI=1S/C6H12O6.C4H6O5/c7-1-3(9)5(11)6(12)4(10)2-8;5-2(4(8)9)1-3(6)7/h3,5-9,11-12H,1-2H2;2,5H,1H2,(H,6,7)(H,8,9). The van der Waals surface area contributed by atoms with Gasteiger partial charge >= 0.3 is 11.9 Å². The Bertz CT molecular complexity index is 342.